The van der Waals surface area contributed by atoms with E-state index in [-0.39, 0.29) is 38.9 Å². The van der Waals surface area contributed by atoms with Crippen LogP contribution in [0.4, 0.5) is 22.7 Å². The van der Waals surface area contributed by atoms with Gasteiger partial charge in [0.25, 0.3) is 21.6 Å². The highest BCUT2D eigenvalue weighted by Gasteiger charge is 2.35. The molecule has 1 atom stereocenters. The van der Waals surface area contributed by atoms with Gasteiger partial charge >= 0.3 is 5.97 Å². The van der Waals surface area contributed by atoms with E-state index >= 15 is 0 Å². The standard InChI is InChI=1S/C23H18N6O8S/c1-13-21(25-24-19-10-9-15(29(34)35)12-20(19)30)22(31)28(26-13)14-5-4-6-16(11-14)38(36,37)27-18-8-3-2-7-17(18)23(32)33/h2-12,21,27,30H,1H3,(H,32,33). The largest absolute Gasteiger partial charge is 0.505 e. The third-order valence-electron chi connectivity index (χ3n) is 5.32. The molecule has 0 spiro atoms. The number of aromatic carboxylic acids is 1. The summed E-state index contributed by atoms with van der Waals surface area (Å²) in [5.41, 5.74) is -0.504. The molecule has 3 aromatic carbocycles. The molecule has 0 aromatic heterocycles. The fraction of sp³-hybridized carbons (Fsp3) is 0.0870. The molecule has 1 aliphatic heterocycles. The highest BCUT2D eigenvalue weighted by Crippen LogP contribution is 2.32. The SMILES string of the molecule is CC1=NN(c2cccc(S(=O)(=O)Nc3ccccc3C(=O)O)c2)C(=O)C1N=Nc1ccc([N+](=O)[O-])cc1O. The van der Waals surface area contributed by atoms with Crippen LogP contribution in [0.25, 0.3) is 0 Å². The number of carbonyl (C=O) groups is 2. The van der Waals surface area contributed by atoms with Crippen molar-refractivity contribution in [3.8, 4) is 5.75 Å². The summed E-state index contributed by atoms with van der Waals surface area (Å²) in [5.74, 6) is -2.48. The number of hydrogen-bond donors (Lipinski definition) is 3. The van der Waals surface area contributed by atoms with Crippen LogP contribution in [0.2, 0.25) is 0 Å². The van der Waals surface area contributed by atoms with Gasteiger partial charge < -0.3 is 10.2 Å². The van der Waals surface area contributed by atoms with Crippen LogP contribution >= 0.6 is 0 Å². The summed E-state index contributed by atoms with van der Waals surface area (Å²) in [4.78, 5) is 34.3. The Bertz CT molecular complexity index is 1640. The Morgan fingerprint density at radius 1 is 1.13 bits per heavy atom. The van der Waals surface area contributed by atoms with Gasteiger partial charge in [-0.15, -0.1) is 0 Å². The minimum Gasteiger partial charge on any atom is -0.505 e. The van der Waals surface area contributed by atoms with Crippen LogP contribution in [0.5, 0.6) is 5.75 Å². The summed E-state index contributed by atoms with van der Waals surface area (Å²) in [7, 11) is -4.24. The van der Waals surface area contributed by atoms with Crippen molar-refractivity contribution in [1.82, 2.24) is 0 Å². The highest BCUT2D eigenvalue weighted by molar-refractivity contribution is 7.92. The number of phenols is 1. The number of hydrogen-bond acceptors (Lipinski definition) is 10. The molecule has 15 heteroatoms. The smallest absolute Gasteiger partial charge is 0.337 e. The molecule has 0 aliphatic carbocycles. The molecule has 194 valence electrons. The number of anilines is 2. The van der Waals surface area contributed by atoms with E-state index in [0.717, 1.165) is 17.1 Å². The molecule has 1 amide bonds. The normalized spacial score (nSPS) is 15.5. The van der Waals surface area contributed by atoms with Gasteiger partial charge in [-0.05, 0) is 43.3 Å². The lowest BCUT2D eigenvalue weighted by atomic mass is 10.2. The number of rotatable bonds is 8. The Morgan fingerprint density at radius 3 is 2.55 bits per heavy atom. The first-order valence-corrected chi connectivity index (χ1v) is 12.2. The number of non-ortho nitro benzene ring substituents is 1. The highest BCUT2D eigenvalue weighted by atomic mass is 32.2. The van der Waals surface area contributed by atoms with E-state index in [9.17, 15) is 38.3 Å². The summed E-state index contributed by atoms with van der Waals surface area (Å²) >= 11 is 0. The second-order valence-electron chi connectivity index (χ2n) is 7.89. The zero-order chi connectivity index (χ0) is 27.6. The first kappa shape index (κ1) is 25.9. The van der Waals surface area contributed by atoms with Crippen LogP contribution in [0.1, 0.15) is 17.3 Å². The van der Waals surface area contributed by atoms with Crippen LogP contribution in [0.3, 0.4) is 0 Å². The van der Waals surface area contributed by atoms with Crippen LogP contribution in [0, 0.1) is 10.1 Å². The molecular formula is C23H18N6O8S. The molecule has 1 unspecified atom stereocenters. The summed E-state index contributed by atoms with van der Waals surface area (Å²) in [6.45, 7) is 1.50. The van der Waals surface area contributed by atoms with Gasteiger partial charge in [-0.2, -0.15) is 20.3 Å². The molecule has 38 heavy (non-hydrogen) atoms. The molecule has 1 heterocycles. The lowest BCUT2D eigenvalue weighted by Gasteiger charge is -2.15. The number of nitrogens with one attached hydrogen (secondary N) is 1. The Balaban J connectivity index is 1.57. The van der Waals surface area contributed by atoms with Gasteiger partial charge in [0.1, 0.15) is 11.4 Å². The van der Waals surface area contributed by atoms with Gasteiger partial charge in [0.05, 0.1) is 38.5 Å². The van der Waals surface area contributed by atoms with E-state index in [2.05, 4.69) is 20.1 Å². The number of carboxylic acids is 1. The van der Waals surface area contributed by atoms with Crippen LogP contribution < -0.4 is 9.73 Å². The fourth-order valence-corrected chi connectivity index (χ4v) is 4.57. The molecule has 3 N–H and O–H groups in total. The number of nitro groups is 1. The second kappa shape index (κ2) is 10.1. The molecular weight excluding hydrogens is 520 g/mol. The van der Waals surface area contributed by atoms with E-state index in [0.29, 0.717) is 0 Å². The molecule has 1 aliphatic rings. The number of azo groups is 1. The Morgan fingerprint density at radius 2 is 1.87 bits per heavy atom. The summed E-state index contributed by atoms with van der Waals surface area (Å²) in [6.07, 6.45) is 0. The average Bonchev–Trinajstić information content (AvgIpc) is 3.16. The molecule has 0 bridgehead atoms. The van der Waals surface area contributed by atoms with Crippen molar-refractivity contribution in [2.75, 3.05) is 9.73 Å². The second-order valence-corrected chi connectivity index (χ2v) is 9.58. The maximum absolute atomic E-state index is 13.0. The van der Waals surface area contributed by atoms with Gasteiger partial charge in [0.15, 0.2) is 6.04 Å². The van der Waals surface area contributed by atoms with E-state index in [1.54, 1.807) is 0 Å². The molecule has 3 aromatic rings. The van der Waals surface area contributed by atoms with E-state index in [4.69, 9.17) is 0 Å². The lowest BCUT2D eigenvalue weighted by Crippen LogP contribution is -2.29. The number of nitrogens with zero attached hydrogens (tertiary/aromatic N) is 5. The number of carboxylic acid groups (broad SMARTS) is 1. The first-order chi connectivity index (χ1) is 18.0. The number of aromatic hydroxyl groups is 1. The topological polar surface area (TPSA) is 204 Å². The molecule has 0 saturated heterocycles. The molecule has 0 fully saturated rings. The quantitative estimate of drug-likeness (QED) is 0.219. The monoisotopic (exact) mass is 538 g/mol. The Labute approximate surface area is 214 Å². The third-order valence-corrected chi connectivity index (χ3v) is 6.68. The molecule has 0 radical (unpaired) electrons. The number of hydrazone groups is 1. The van der Waals surface area contributed by atoms with E-state index in [1.807, 2.05) is 0 Å². The van der Waals surface area contributed by atoms with Crippen LogP contribution in [0.15, 0.2) is 87.0 Å². The summed E-state index contributed by atoms with van der Waals surface area (Å²) < 4.78 is 28.2. The minimum absolute atomic E-state index is 0.0969. The number of benzene rings is 3. The van der Waals surface area contributed by atoms with Gasteiger partial charge in [-0.1, -0.05) is 18.2 Å². The predicted octanol–water partition coefficient (Wildman–Crippen LogP) is 3.67. The maximum atomic E-state index is 13.0. The molecule has 14 nitrogen and oxygen atoms in total. The average molecular weight is 538 g/mol. The van der Waals surface area contributed by atoms with Gasteiger partial charge in [0, 0.05) is 6.07 Å². The zero-order valence-electron chi connectivity index (χ0n) is 19.4. The molecule has 0 saturated carbocycles. The summed E-state index contributed by atoms with van der Waals surface area (Å²) in [6, 6.07) is 12.8. The van der Waals surface area contributed by atoms with Crippen LogP contribution in [-0.4, -0.2) is 47.2 Å². The first-order valence-electron chi connectivity index (χ1n) is 10.7. The van der Waals surface area contributed by atoms with Crippen molar-refractivity contribution in [3.63, 3.8) is 0 Å². The third kappa shape index (κ3) is 5.17. The zero-order valence-corrected chi connectivity index (χ0v) is 20.2. The van der Waals surface area contributed by atoms with Crippen molar-refractivity contribution >= 4 is 50.4 Å². The van der Waals surface area contributed by atoms with Crippen molar-refractivity contribution in [2.45, 2.75) is 17.9 Å². The number of carbonyl (C=O) groups excluding carboxylic acids is 1. The van der Waals surface area contributed by atoms with Crippen molar-refractivity contribution in [3.05, 3.63) is 82.4 Å². The number of nitro benzene ring substituents is 1. The van der Waals surface area contributed by atoms with Gasteiger partial charge in [0.2, 0.25) is 0 Å². The Hall–Kier alpha value is -5.18. The molecule has 4 rings (SSSR count). The number of sulfonamides is 1. The number of phenolic OH excluding ortho intramolecular Hbond substituents is 1. The maximum Gasteiger partial charge on any atom is 0.337 e. The van der Waals surface area contributed by atoms with E-state index < -0.39 is 38.6 Å². The van der Waals surface area contributed by atoms with Crippen molar-refractivity contribution in [2.24, 2.45) is 15.3 Å². The Kier molecular flexibility index (Phi) is 6.85. The van der Waals surface area contributed by atoms with Crippen LogP contribution in [-0.2, 0) is 14.8 Å². The van der Waals surface area contributed by atoms with Gasteiger partial charge in [-0.3, -0.25) is 19.6 Å². The fourth-order valence-electron chi connectivity index (χ4n) is 3.45. The van der Waals surface area contributed by atoms with Crippen molar-refractivity contribution < 1.29 is 33.1 Å². The number of amides is 1. The minimum atomic E-state index is -4.24. The summed E-state index contributed by atoms with van der Waals surface area (Å²) in [5, 5.41) is 42.9. The van der Waals surface area contributed by atoms with E-state index in [1.165, 1.54) is 61.5 Å². The predicted molar refractivity (Wildman–Crippen MR) is 134 cm³/mol. The lowest BCUT2D eigenvalue weighted by molar-refractivity contribution is -0.384. The van der Waals surface area contributed by atoms with Crippen molar-refractivity contribution in [1.29, 1.82) is 0 Å². The number of para-hydroxylation sites is 1. The van der Waals surface area contributed by atoms with Gasteiger partial charge in [-0.25, -0.2) is 13.2 Å².